The van der Waals surface area contributed by atoms with Crippen molar-refractivity contribution in [3.8, 4) is 0 Å². The summed E-state index contributed by atoms with van der Waals surface area (Å²) in [6.07, 6.45) is 0.550. The molecule has 4 heterocycles. The van der Waals surface area contributed by atoms with Crippen LogP contribution in [0.5, 0.6) is 0 Å². The number of nitrogens with zero attached hydrogens (tertiary/aromatic N) is 4. The first-order valence-electron chi connectivity index (χ1n) is 7.02. The molecule has 0 radical (unpaired) electrons. The van der Waals surface area contributed by atoms with Gasteiger partial charge >= 0.3 is 6.09 Å². The van der Waals surface area contributed by atoms with E-state index in [9.17, 15) is 9.90 Å². The van der Waals surface area contributed by atoms with Gasteiger partial charge in [0.1, 0.15) is 17.0 Å². The fourth-order valence-corrected chi connectivity index (χ4v) is 3.66. The van der Waals surface area contributed by atoms with Crippen molar-refractivity contribution >= 4 is 39.3 Å². The Bertz CT molecular complexity index is 915. The molecular weight excluding hydrogens is 316 g/mol. The number of thiophene rings is 1. The van der Waals surface area contributed by atoms with Crippen LogP contribution in [0.3, 0.4) is 0 Å². The zero-order valence-electron chi connectivity index (χ0n) is 12.5. The molecule has 118 valence electrons. The number of carboxylic acid groups (broad SMARTS) is 1. The molecule has 0 saturated carbocycles. The molecule has 1 amide bonds. The molecule has 0 fully saturated rings. The lowest BCUT2D eigenvalue weighted by Gasteiger charge is -2.28. The molecule has 0 atom stereocenters. The van der Waals surface area contributed by atoms with E-state index in [1.54, 1.807) is 0 Å². The van der Waals surface area contributed by atoms with Crippen LogP contribution in [0.25, 0.3) is 10.2 Å². The summed E-state index contributed by atoms with van der Waals surface area (Å²) < 4.78 is 0. The van der Waals surface area contributed by atoms with Gasteiger partial charge in [-0.15, -0.1) is 11.3 Å². The highest BCUT2D eigenvalue weighted by Crippen LogP contribution is 2.41. The summed E-state index contributed by atoms with van der Waals surface area (Å²) in [7, 11) is 0. The highest BCUT2D eigenvalue weighted by atomic mass is 32.1. The second-order valence-corrected chi connectivity index (χ2v) is 6.73. The second kappa shape index (κ2) is 4.66. The Morgan fingerprint density at radius 3 is 3.04 bits per heavy atom. The van der Waals surface area contributed by atoms with E-state index in [-0.39, 0.29) is 6.54 Å². The largest absolute Gasteiger partial charge is 0.465 e. The standard InChI is InChI=1S/C14H14N6O2S/c1-14(2)9-8(5-20(14)13(21)22)11(19-18-9)17-10-7-3-4-23-12(7)16-6-15-10/h3-4,6H,5H2,1-2H3,(H,21,22)(H2,15,16,17,18,19). The number of fused-ring (bicyclic) bond motifs is 2. The fourth-order valence-electron chi connectivity index (χ4n) is 2.93. The molecule has 3 N–H and O–H groups in total. The predicted molar refractivity (Wildman–Crippen MR) is 85.9 cm³/mol. The van der Waals surface area contributed by atoms with Gasteiger partial charge in [0.05, 0.1) is 23.2 Å². The van der Waals surface area contributed by atoms with Crippen LogP contribution >= 0.6 is 11.3 Å². The lowest BCUT2D eigenvalue weighted by molar-refractivity contribution is 0.0978. The van der Waals surface area contributed by atoms with E-state index in [4.69, 9.17) is 0 Å². The molecule has 0 aliphatic carbocycles. The molecule has 0 unspecified atom stereocenters. The number of rotatable bonds is 2. The van der Waals surface area contributed by atoms with Gasteiger partial charge in [0.25, 0.3) is 0 Å². The molecule has 9 heteroatoms. The summed E-state index contributed by atoms with van der Waals surface area (Å²) in [4.78, 5) is 22.2. The van der Waals surface area contributed by atoms with Gasteiger partial charge < -0.3 is 10.4 Å². The Hall–Kier alpha value is -2.68. The molecule has 0 saturated heterocycles. The third kappa shape index (κ3) is 1.96. The number of hydrogen-bond acceptors (Lipinski definition) is 6. The Morgan fingerprint density at radius 1 is 1.43 bits per heavy atom. The maximum absolute atomic E-state index is 11.4. The molecule has 0 spiro atoms. The SMILES string of the molecule is CC1(C)c2[nH]nc(Nc3ncnc4sccc34)c2CN1C(=O)O. The van der Waals surface area contributed by atoms with Crippen LogP contribution in [0, 0.1) is 0 Å². The predicted octanol–water partition coefficient (Wildman–Crippen LogP) is 2.89. The lowest BCUT2D eigenvalue weighted by Crippen LogP contribution is -2.39. The van der Waals surface area contributed by atoms with Gasteiger partial charge in [0.15, 0.2) is 5.82 Å². The monoisotopic (exact) mass is 330 g/mol. The topological polar surface area (TPSA) is 107 Å². The Kier molecular flexibility index (Phi) is 2.82. The molecule has 0 bridgehead atoms. The quantitative estimate of drug-likeness (QED) is 0.667. The molecule has 0 aromatic carbocycles. The number of carbonyl (C=O) groups is 1. The normalized spacial score (nSPS) is 15.8. The second-order valence-electron chi connectivity index (χ2n) is 5.84. The van der Waals surface area contributed by atoms with Gasteiger partial charge in [-0.2, -0.15) is 5.10 Å². The first-order valence-corrected chi connectivity index (χ1v) is 7.90. The van der Waals surface area contributed by atoms with Crippen LogP contribution in [-0.2, 0) is 12.1 Å². The Morgan fingerprint density at radius 2 is 2.26 bits per heavy atom. The van der Waals surface area contributed by atoms with Crippen molar-refractivity contribution in [1.29, 1.82) is 0 Å². The molecule has 23 heavy (non-hydrogen) atoms. The average molecular weight is 330 g/mol. The number of H-pyrrole nitrogens is 1. The van der Waals surface area contributed by atoms with E-state index in [1.807, 2.05) is 25.3 Å². The summed E-state index contributed by atoms with van der Waals surface area (Å²) in [5.41, 5.74) is 1.01. The Balaban J connectivity index is 1.74. The highest BCUT2D eigenvalue weighted by Gasteiger charge is 2.43. The van der Waals surface area contributed by atoms with E-state index < -0.39 is 11.6 Å². The van der Waals surface area contributed by atoms with Gasteiger partial charge in [0, 0.05) is 5.56 Å². The average Bonchev–Trinajstić information content (AvgIpc) is 3.16. The number of aromatic amines is 1. The van der Waals surface area contributed by atoms with Crippen molar-refractivity contribution in [1.82, 2.24) is 25.1 Å². The molecular formula is C14H14N6O2S. The van der Waals surface area contributed by atoms with Crippen molar-refractivity contribution in [2.24, 2.45) is 0 Å². The minimum absolute atomic E-state index is 0.286. The van der Waals surface area contributed by atoms with Crippen molar-refractivity contribution in [3.05, 3.63) is 29.0 Å². The summed E-state index contributed by atoms with van der Waals surface area (Å²) in [6.45, 7) is 4.00. The van der Waals surface area contributed by atoms with Crippen molar-refractivity contribution in [2.45, 2.75) is 25.9 Å². The number of aromatic nitrogens is 4. The van der Waals surface area contributed by atoms with E-state index in [0.717, 1.165) is 21.5 Å². The highest BCUT2D eigenvalue weighted by molar-refractivity contribution is 7.16. The van der Waals surface area contributed by atoms with Crippen LogP contribution in [0.4, 0.5) is 16.4 Å². The van der Waals surface area contributed by atoms with Crippen LogP contribution < -0.4 is 5.32 Å². The minimum atomic E-state index is -0.951. The maximum Gasteiger partial charge on any atom is 0.408 e. The van der Waals surface area contributed by atoms with Crippen LogP contribution in [-0.4, -0.2) is 36.3 Å². The molecule has 8 nitrogen and oxygen atoms in total. The zero-order chi connectivity index (χ0) is 16.2. The van der Waals surface area contributed by atoms with Crippen LogP contribution in [0.1, 0.15) is 25.1 Å². The lowest BCUT2D eigenvalue weighted by atomic mass is 10.0. The first kappa shape index (κ1) is 13.9. The van der Waals surface area contributed by atoms with Crippen molar-refractivity contribution in [2.75, 3.05) is 5.32 Å². The fraction of sp³-hybridized carbons (Fsp3) is 0.286. The molecule has 4 rings (SSSR count). The summed E-state index contributed by atoms with van der Waals surface area (Å²) in [5.74, 6) is 1.26. The van der Waals surface area contributed by atoms with Crippen molar-refractivity contribution < 1.29 is 9.90 Å². The van der Waals surface area contributed by atoms with Crippen LogP contribution in [0.15, 0.2) is 17.8 Å². The summed E-state index contributed by atoms with van der Waals surface area (Å²) in [6, 6.07) is 1.95. The van der Waals surface area contributed by atoms with E-state index in [0.29, 0.717) is 11.6 Å². The molecule has 1 aliphatic heterocycles. The maximum atomic E-state index is 11.4. The third-order valence-corrected chi connectivity index (χ3v) is 5.02. The number of anilines is 2. The minimum Gasteiger partial charge on any atom is -0.465 e. The molecule has 1 aliphatic rings. The van der Waals surface area contributed by atoms with E-state index >= 15 is 0 Å². The van der Waals surface area contributed by atoms with Crippen molar-refractivity contribution in [3.63, 3.8) is 0 Å². The molecule has 3 aromatic heterocycles. The zero-order valence-corrected chi connectivity index (χ0v) is 13.3. The first-order chi connectivity index (χ1) is 11.0. The molecule has 3 aromatic rings. The Labute approximate surface area is 135 Å². The van der Waals surface area contributed by atoms with Gasteiger partial charge in [-0.05, 0) is 25.3 Å². The van der Waals surface area contributed by atoms with Gasteiger partial charge in [-0.1, -0.05) is 0 Å². The van der Waals surface area contributed by atoms with E-state index in [1.165, 1.54) is 22.6 Å². The van der Waals surface area contributed by atoms with E-state index in [2.05, 4.69) is 25.5 Å². The third-order valence-electron chi connectivity index (χ3n) is 4.20. The smallest absolute Gasteiger partial charge is 0.408 e. The number of nitrogens with one attached hydrogen (secondary N) is 2. The van der Waals surface area contributed by atoms with Gasteiger partial charge in [0.2, 0.25) is 0 Å². The summed E-state index contributed by atoms with van der Waals surface area (Å²) >= 11 is 1.54. The number of hydrogen-bond donors (Lipinski definition) is 3. The van der Waals surface area contributed by atoms with Gasteiger partial charge in [-0.3, -0.25) is 10.00 Å². The van der Waals surface area contributed by atoms with Crippen LogP contribution in [0.2, 0.25) is 0 Å². The summed E-state index contributed by atoms with van der Waals surface area (Å²) in [5, 5.41) is 22.7. The number of amides is 1. The van der Waals surface area contributed by atoms with Gasteiger partial charge in [-0.25, -0.2) is 14.8 Å².